The van der Waals surface area contributed by atoms with Crippen molar-refractivity contribution in [2.45, 2.75) is 52.4 Å². The van der Waals surface area contributed by atoms with Crippen molar-refractivity contribution in [1.82, 2.24) is 5.32 Å². The Morgan fingerprint density at radius 2 is 2.00 bits per heavy atom. The van der Waals surface area contributed by atoms with Gasteiger partial charge in [-0.25, -0.2) is 0 Å². The molecule has 0 aliphatic heterocycles. The lowest BCUT2D eigenvalue weighted by molar-refractivity contribution is -0.128. The zero-order valence-corrected chi connectivity index (χ0v) is 10.6. The third-order valence-corrected chi connectivity index (χ3v) is 4.26. The summed E-state index contributed by atoms with van der Waals surface area (Å²) in [6.07, 6.45) is 6.10. The molecule has 94 valence electrons. The normalized spacial score (nSPS) is 16.9. The highest BCUT2D eigenvalue weighted by molar-refractivity contribution is 5.79. The van der Waals surface area contributed by atoms with Gasteiger partial charge in [-0.3, -0.25) is 4.79 Å². The minimum absolute atomic E-state index is 0.0914. The zero-order chi connectivity index (χ0) is 12.0. The number of hydrogen-bond donors (Lipinski definition) is 2. The van der Waals surface area contributed by atoms with E-state index in [0.29, 0.717) is 0 Å². The van der Waals surface area contributed by atoms with Gasteiger partial charge in [0.2, 0.25) is 5.91 Å². The molecule has 2 N–H and O–H groups in total. The number of hydrogen-bond acceptors (Lipinski definition) is 2. The molecular weight excluding hydrogens is 202 g/mol. The summed E-state index contributed by atoms with van der Waals surface area (Å²) in [5.41, 5.74) is 0.0914. The van der Waals surface area contributed by atoms with E-state index in [9.17, 15) is 4.79 Å². The highest BCUT2D eigenvalue weighted by Gasteiger charge is 2.29. The fourth-order valence-electron chi connectivity index (χ4n) is 2.27. The molecule has 0 aromatic rings. The van der Waals surface area contributed by atoms with Crippen LogP contribution in [-0.2, 0) is 4.79 Å². The van der Waals surface area contributed by atoms with Crippen molar-refractivity contribution in [3.05, 3.63) is 0 Å². The summed E-state index contributed by atoms with van der Waals surface area (Å²) in [7, 11) is 0. The van der Waals surface area contributed by atoms with Crippen LogP contribution in [0.1, 0.15) is 52.4 Å². The third-order valence-electron chi connectivity index (χ3n) is 4.26. The first-order chi connectivity index (χ1) is 7.67. The van der Waals surface area contributed by atoms with Crippen LogP contribution in [0.4, 0.5) is 0 Å². The van der Waals surface area contributed by atoms with Gasteiger partial charge in [-0.1, -0.05) is 20.3 Å². The van der Waals surface area contributed by atoms with Gasteiger partial charge in [-0.15, -0.1) is 0 Å². The van der Waals surface area contributed by atoms with Crippen LogP contribution in [0.15, 0.2) is 0 Å². The molecule has 1 aliphatic carbocycles. The molecule has 1 fully saturated rings. The lowest BCUT2D eigenvalue weighted by Crippen LogP contribution is -2.41. The molecule has 0 atom stereocenters. The van der Waals surface area contributed by atoms with E-state index in [1.165, 1.54) is 6.42 Å². The summed E-state index contributed by atoms with van der Waals surface area (Å²) in [6.45, 7) is 5.19. The molecule has 1 aliphatic rings. The number of amides is 1. The predicted molar refractivity (Wildman–Crippen MR) is 65.1 cm³/mol. The second-order valence-corrected chi connectivity index (χ2v) is 5.03. The van der Waals surface area contributed by atoms with E-state index < -0.39 is 0 Å². The second kappa shape index (κ2) is 6.24. The standard InChI is InChI=1S/C13H25NO2/c1-3-13(4-2,8-9-15)10-14-12(16)11-6-5-7-11/h11,15H,3-10H2,1-2H3,(H,14,16). The average Bonchev–Trinajstić information content (AvgIpc) is 2.22. The molecule has 0 heterocycles. The lowest BCUT2D eigenvalue weighted by atomic mass is 9.78. The molecular formula is C13H25NO2. The fourth-order valence-corrected chi connectivity index (χ4v) is 2.27. The number of carbonyl (C=O) groups excluding carboxylic acids is 1. The van der Waals surface area contributed by atoms with Gasteiger partial charge in [0.1, 0.15) is 0 Å². The van der Waals surface area contributed by atoms with Gasteiger partial charge in [-0.2, -0.15) is 0 Å². The Kier molecular flexibility index (Phi) is 5.26. The van der Waals surface area contributed by atoms with Crippen molar-refractivity contribution in [2.24, 2.45) is 11.3 Å². The Hall–Kier alpha value is -0.570. The van der Waals surface area contributed by atoms with Crippen molar-refractivity contribution in [3.63, 3.8) is 0 Å². The molecule has 3 heteroatoms. The van der Waals surface area contributed by atoms with E-state index >= 15 is 0 Å². The largest absolute Gasteiger partial charge is 0.396 e. The van der Waals surface area contributed by atoms with E-state index in [1.807, 2.05) is 0 Å². The molecule has 0 radical (unpaired) electrons. The number of aliphatic hydroxyl groups excluding tert-OH is 1. The molecule has 0 bridgehead atoms. The first kappa shape index (κ1) is 13.5. The Bertz CT molecular complexity index is 220. The Labute approximate surface area is 98.6 Å². The van der Waals surface area contributed by atoms with Crippen LogP contribution in [0, 0.1) is 11.3 Å². The minimum atomic E-state index is 0.0914. The highest BCUT2D eigenvalue weighted by atomic mass is 16.3. The van der Waals surface area contributed by atoms with Crippen LogP contribution in [0.3, 0.4) is 0 Å². The number of nitrogens with one attached hydrogen (secondary N) is 1. The molecule has 3 nitrogen and oxygen atoms in total. The highest BCUT2D eigenvalue weighted by Crippen LogP contribution is 2.30. The Balaban J connectivity index is 2.38. The van der Waals surface area contributed by atoms with Crippen LogP contribution in [0.5, 0.6) is 0 Å². The number of rotatable bonds is 7. The van der Waals surface area contributed by atoms with E-state index in [1.54, 1.807) is 0 Å². The first-order valence-corrected chi connectivity index (χ1v) is 6.56. The van der Waals surface area contributed by atoms with Gasteiger partial charge in [0, 0.05) is 19.1 Å². The maximum Gasteiger partial charge on any atom is 0.223 e. The van der Waals surface area contributed by atoms with Gasteiger partial charge in [0.15, 0.2) is 0 Å². The smallest absolute Gasteiger partial charge is 0.223 e. The number of carbonyl (C=O) groups is 1. The predicted octanol–water partition coefficient (Wildman–Crippen LogP) is 2.09. The Morgan fingerprint density at radius 3 is 2.38 bits per heavy atom. The molecule has 0 aromatic heterocycles. The molecule has 1 saturated carbocycles. The number of aliphatic hydroxyl groups is 1. The van der Waals surface area contributed by atoms with Crippen molar-refractivity contribution >= 4 is 5.91 Å². The van der Waals surface area contributed by atoms with E-state index in [2.05, 4.69) is 19.2 Å². The van der Waals surface area contributed by atoms with Crippen LogP contribution in [0.2, 0.25) is 0 Å². The van der Waals surface area contributed by atoms with Crippen LogP contribution >= 0.6 is 0 Å². The summed E-state index contributed by atoms with van der Waals surface area (Å²) in [6, 6.07) is 0. The van der Waals surface area contributed by atoms with Gasteiger partial charge in [0.25, 0.3) is 0 Å². The lowest BCUT2D eigenvalue weighted by Gasteiger charge is -2.33. The summed E-state index contributed by atoms with van der Waals surface area (Å²) in [4.78, 5) is 11.7. The maximum absolute atomic E-state index is 11.7. The summed E-state index contributed by atoms with van der Waals surface area (Å²) in [5, 5.41) is 12.1. The van der Waals surface area contributed by atoms with Gasteiger partial charge in [-0.05, 0) is 37.5 Å². The average molecular weight is 227 g/mol. The molecule has 0 unspecified atom stereocenters. The second-order valence-electron chi connectivity index (χ2n) is 5.03. The molecule has 0 saturated heterocycles. The van der Waals surface area contributed by atoms with Crippen molar-refractivity contribution in [1.29, 1.82) is 0 Å². The minimum Gasteiger partial charge on any atom is -0.396 e. The monoisotopic (exact) mass is 227 g/mol. The van der Waals surface area contributed by atoms with E-state index in [-0.39, 0.29) is 23.8 Å². The maximum atomic E-state index is 11.7. The van der Waals surface area contributed by atoms with Crippen LogP contribution in [-0.4, -0.2) is 24.2 Å². The van der Waals surface area contributed by atoms with Crippen LogP contribution < -0.4 is 5.32 Å². The van der Waals surface area contributed by atoms with Gasteiger partial charge >= 0.3 is 0 Å². The van der Waals surface area contributed by atoms with Crippen LogP contribution in [0.25, 0.3) is 0 Å². The molecule has 0 spiro atoms. The first-order valence-electron chi connectivity index (χ1n) is 6.56. The SMILES string of the molecule is CCC(CC)(CCO)CNC(=O)C1CCC1. The van der Waals surface area contributed by atoms with Gasteiger partial charge < -0.3 is 10.4 Å². The topological polar surface area (TPSA) is 49.3 Å². The zero-order valence-electron chi connectivity index (χ0n) is 10.6. The Morgan fingerprint density at radius 1 is 1.38 bits per heavy atom. The molecule has 0 aromatic carbocycles. The third kappa shape index (κ3) is 3.21. The fraction of sp³-hybridized carbons (Fsp3) is 0.923. The van der Waals surface area contributed by atoms with Crippen molar-refractivity contribution in [2.75, 3.05) is 13.2 Å². The van der Waals surface area contributed by atoms with Gasteiger partial charge in [0.05, 0.1) is 0 Å². The molecule has 1 rings (SSSR count). The quantitative estimate of drug-likeness (QED) is 0.699. The van der Waals surface area contributed by atoms with E-state index in [4.69, 9.17) is 5.11 Å². The van der Waals surface area contributed by atoms with E-state index in [0.717, 1.165) is 38.6 Å². The molecule has 16 heavy (non-hydrogen) atoms. The van der Waals surface area contributed by atoms with Crippen molar-refractivity contribution in [3.8, 4) is 0 Å². The summed E-state index contributed by atoms with van der Waals surface area (Å²) >= 11 is 0. The summed E-state index contributed by atoms with van der Waals surface area (Å²) in [5.74, 6) is 0.482. The molecule has 1 amide bonds. The van der Waals surface area contributed by atoms with Crippen molar-refractivity contribution < 1.29 is 9.90 Å². The summed E-state index contributed by atoms with van der Waals surface area (Å²) < 4.78 is 0.